The van der Waals surface area contributed by atoms with Crippen molar-refractivity contribution in [3.8, 4) is 5.75 Å². The number of aliphatic imine (C=N–C) groups is 2. The Labute approximate surface area is 518 Å². The van der Waals surface area contributed by atoms with Gasteiger partial charge in [-0.3, -0.25) is 62.7 Å². The zero-order chi connectivity index (χ0) is 65.7. The van der Waals surface area contributed by atoms with Gasteiger partial charge in [0, 0.05) is 45.9 Å². The van der Waals surface area contributed by atoms with Crippen molar-refractivity contribution in [1.82, 2.24) is 52.3 Å². The van der Waals surface area contributed by atoms with Crippen molar-refractivity contribution in [3.05, 3.63) is 65.7 Å². The van der Waals surface area contributed by atoms with Crippen molar-refractivity contribution >= 4 is 76.9 Å². The Bertz CT molecular complexity index is 2800. The number of phenols is 1. The van der Waals surface area contributed by atoms with Gasteiger partial charge in [0.1, 0.15) is 60.1 Å². The number of rotatable bonds is 36. The van der Waals surface area contributed by atoms with Crippen LogP contribution in [0.2, 0.25) is 0 Å². The molecule has 0 saturated carbocycles. The van der Waals surface area contributed by atoms with Crippen LogP contribution in [-0.4, -0.2) is 185 Å². The zero-order valence-electron chi connectivity index (χ0n) is 51.3. The van der Waals surface area contributed by atoms with Gasteiger partial charge in [-0.2, -0.15) is 0 Å². The molecular formula is C59H92N18O12. The van der Waals surface area contributed by atoms with E-state index in [1.165, 1.54) is 35.8 Å². The fraction of sp³-hybridized carbons (Fsp3) is 0.576. The van der Waals surface area contributed by atoms with Crippen LogP contribution < -0.4 is 76.9 Å². The van der Waals surface area contributed by atoms with Crippen LogP contribution >= 0.6 is 0 Å². The second-order valence-corrected chi connectivity index (χ2v) is 22.7. The van der Waals surface area contributed by atoms with Gasteiger partial charge in [-0.25, -0.2) is 0 Å². The summed E-state index contributed by atoms with van der Waals surface area (Å²) in [4.78, 5) is 162. The molecule has 89 heavy (non-hydrogen) atoms. The van der Waals surface area contributed by atoms with Crippen molar-refractivity contribution < 1.29 is 57.8 Å². The Morgan fingerprint density at radius 1 is 0.551 bits per heavy atom. The van der Waals surface area contributed by atoms with Crippen LogP contribution in [0.1, 0.15) is 116 Å². The van der Waals surface area contributed by atoms with E-state index in [4.69, 9.17) is 34.4 Å². The molecule has 9 atom stereocenters. The molecule has 30 heteroatoms. The Hall–Kier alpha value is -9.09. The van der Waals surface area contributed by atoms with E-state index < -0.39 is 126 Å². The number of carbonyl (C=O) groups is 11. The van der Waals surface area contributed by atoms with Crippen LogP contribution in [0.3, 0.4) is 0 Å². The predicted molar refractivity (Wildman–Crippen MR) is 331 cm³/mol. The number of nitrogens with one attached hydrogen (secondary N) is 8. The van der Waals surface area contributed by atoms with Gasteiger partial charge in [-0.1, -0.05) is 56.3 Å². The Morgan fingerprint density at radius 2 is 1.04 bits per heavy atom. The topological polar surface area (TPSA) is 492 Å². The van der Waals surface area contributed by atoms with Crippen LogP contribution in [0.4, 0.5) is 0 Å². The third-order valence-electron chi connectivity index (χ3n) is 15.0. The number of benzene rings is 2. The fourth-order valence-corrected chi connectivity index (χ4v) is 10.4. The molecule has 0 aromatic heterocycles. The lowest BCUT2D eigenvalue weighted by atomic mass is 10.00. The minimum Gasteiger partial charge on any atom is -0.508 e. The Kier molecular flexibility index (Phi) is 30.0. The number of phenolic OH excluding ortho intramolecular Hbond substituents is 1. The number of guanidine groups is 2. The van der Waals surface area contributed by atoms with E-state index in [0.717, 1.165) is 0 Å². The van der Waals surface area contributed by atoms with Crippen molar-refractivity contribution in [2.24, 2.45) is 50.3 Å². The minimum absolute atomic E-state index is 0.00632. The number of hydrogen-bond donors (Lipinski definition) is 15. The number of hydrogen-bond acceptors (Lipinski definition) is 15. The zero-order valence-corrected chi connectivity index (χ0v) is 51.3. The summed E-state index contributed by atoms with van der Waals surface area (Å²) in [5.41, 5.74) is 34.7. The van der Waals surface area contributed by atoms with Crippen LogP contribution in [0.25, 0.3) is 0 Å². The van der Waals surface area contributed by atoms with Crippen LogP contribution in [0.5, 0.6) is 5.75 Å². The molecule has 2 aromatic rings. The van der Waals surface area contributed by atoms with Crippen molar-refractivity contribution in [2.45, 2.75) is 172 Å². The third-order valence-corrected chi connectivity index (χ3v) is 15.0. The van der Waals surface area contributed by atoms with E-state index >= 15 is 0 Å². The quantitative estimate of drug-likeness (QED) is 0.0179. The van der Waals surface area contributed by atoms with Gasteiger partial charge in [0.15, 0.2) is 11.9 Å². The highest BCUT2D eigenvalue weighted by Crippen LogP contribution is 2.22. The molecule has 0 unspecified atom stereocenters. The molecule has 0 radical (unpaired) electrons. The molecule has 11 amide bonds. The lowest BCUT2D eigenvalue weighted by molar-refractivity contribution is -0.142. The molecule has 30 nitrogen and oxygen atoms in total. The van der Waals surface area contributed by atoms with Crippen LogP contribution in [0.15, 0.2) is 64.6 Å². The number of aromatic hydroxyl groups is 1. The first kappa shape index (κ1) is 72.4. The summed E-state index contributed by atoms with van der Waals surface area (Å²) in [6, 6.07) is 4.16. The maximum Gasteiger partial charge on any atom is 0.245 e. The van der Waals surface area contributed by atoms with Crippen molar-refractivity contribution in [1.29, 1.82) is 0 Å². The average Bonchev–Trinajstić information content (AvgIpc) is 3.41. The summed E-state index contributed by atoms with van der Waals surface area (Å²) in [6.07, 6.45) is 3.08. The number of amides is 11. The van der Waals surface area contributed by atoms with E-state index in [1.807, 2.05) is 13.8 Å². The first-order valence-electron chi connectivity index (χ1n) is 30.2. The SMILES string of the molecule is CC(=O)N[C@@H](Cc1ccc(O)cc1)C(=O)NCC(=O)N1CCC[C@H]1C(=O)N[C@@H](Cc1ccccc1)C(=O)N[C@@H](CC(C)C)C(=O)N[C@@H](CCCN=C(N)N)C(=O)N[C@H](C)C(=O)N[C@@H](CCCN=C(N)N)C(=O)N1CCC[C@@H]1C(=O)N[C@@H](CCCCN)C(N)=O. The highest BCUT2D eigenvalue weighted by Gasteiger charge is 2.41. The maximum atomic E-state index is 14.6. The molecule has 0 aliphatic carbocycles. The number of primary amides is 1. The van der Waals surface area contributed by atoms with Gasteiger partial charge in [-0.05, 0) is 120 Å². The molecule has 2 fully saturated rings. The summed E-state index contributed by atoms with van der Waals surface area (Å²) in [6.45, 7) is 6.53. The van der Waals surface area contributed by atoms with Gasteiger partial charge in [-0.15, -0.1) is 0 Å². The van der Waals surface area contributed by atoms with Gasteiger partial charge >= 0.3 is 0 Å². The molecule has 2 aliphatic heterocycles. The molecule has 2 heterocycles. The number of unbranched alkanes of at least 4 members (excludes halogenated alkanes) is 1. The van der Waals surface area contributed by atoms with Gasteiger partial charge in [0.2, 0.25) is 65.0 Å². The molecule has 490 valence electrons. The second-order valence-electron chi connectivity index (χ2n) is 22.7. The van der Waals surface area contributed by atoms with Crippen LogP contribution in [0, 0.1) is 5.92 Å². The lowest BCUT2D eigenvalue weighted by Crippen LogP contribution is -2.60. The van der Waals surface area contributed by atoms with E-state index in [-0.39, 0.29) is 114 Å². The molecule has 2 saturated heterocycles. The Morgan fingerprint density at radius 3 is 1.61 bits per heavy atom. The summed E-state index contributed by atoms with van der Waals surface area (Å²) in [7, 11) is 0. The number of nitrogens with two attached hydrogens (primary N) is 6. The average molecular weight is 1250 g/mol. The van der Waals surface area contributed by atoms with Gasteiger partial charge in [0.25, 0.3) is 0 Å². The van der Waals surface area contributed by atoms with E-state index in [0.29, 0.717) is 43.4 Å². The molecular weight excluding hydrogens is 1150 g/mol. The van der Waals surface area contributed by atoms with Crippen molar-refractivity contribution in [2.75, 3.05) is 39.3 Å². The van der Waals surface area contributed by atoms with E-state index in [2.05, 4.69) is 52.5 Å². The standard InChI is InChI=1S/C59H92N18O12/c1-34(2)30-43(74-54(86)45(31-37-14-6-5-7-15-37)75-55(87)46-19-12-28-76(46)48(80)33-68-51(83)44(70-36(4)78)32-38-21-23-39(79)24-22-38)53(85)72-41(17-10-26-66-58(62)63)52(84)69-35(3)50(82)73-42(18-11-27-67-59(64)65)57(89)77-29-13-20-47(77)56(88)71-40(49(61)81)16-8-9-25-60/h5-7,14-15,21-24,34-35,40-47,79H,8-13,16-20,25-33,60H2,1-4H3,(H2,61,81)(H,68,83)(H,69,84)(H,70,78)(H,71,88)(H,72,85)(H,73,82)(H,74,86)(H,75,87)(H4,62,63,66)(H4,64,65,67)/t35-,40+,41+,42+,43+,44+,45+,46+,47-/m1/s1. The van der Waals surface area contributed by atoms with E-state index in [1.54, 1.807) is 42.5 Å². The first-order valence-corrected chi connectivity index (χ1v) is 30.2. The molecule has 21 N–H and O–H groups in total. The monoisotopic (exact) mass is 1240 g/mol. The molecule has 4 rings (SSSR count). The highest BCUT2D eigenvalue weighted by atomic mass is 16.3. The van der Waals surface area contributed by atoms with Gasteiger partial charge < -0.3 is 91.8 Å². The molecule has 2 aliphatic rings. The third kappa shape index (κ3) is 24.9. The summed E-state index contributed by atoms with van der Waals surface area (Å²) in [5, 5.41) is 31.1. The van der Waals surface area contributed by atoms with Gasteiger partial charge in [0.05, 0.1) is 6.54 Å². The molecule has 2 aromatic carbocycles. The maximum absolute atomic E-state index is 14.6. The first-order chi connectivity index (χ1) is 42.3. The number of carbonyl (C=O) groups excluding carboxylic acids is 11. The summed E-state index contributed by atoms with van der Waals surface area (Å²) < 4.78 is 0. The van der Waals surface area contributed by atoms with Crippen molar-refractivity contribution in [3.63, 3.8) is 0 Å². The fourth-order valence-electron chi connectivity index (χ4n) is 10.4. The van der Waals surface area contributed by atoms with Crippen LogP contribution in [-0.2, 0) is 65.6 Å². The molecule has 0 spiro atoms. The number of nitrogens with zero attached hydrogens (tertiary/aromatic N) is 4. The summed E-state index contributed by atoms with van der Waals surface area (Å²) >= 11 is 0. The smallest absolute Gasteiger partial charge is 0.245 e. The summed E-state index contributed by atoms with van der Waals surface area (Å²) in [5.74, 6) is -8.16. The number of likely N-dealkylation sites (tertiary alicyclic amines) is 2. The highest BCUT2D eigenvalue weighted by molar-refractivity contribution is 5.99. The minimum atomic E-state index is -1.36. The predicted octanol–water partition coefficient (Wildman–Crippen LogP) is -3.52. The molecule has 0 bridgehead atoms. The van der Waals surface area contributed by atoms with E-state index in [9.17, 15) is 57.8 Å². The lowest BCUT2D eigenvalue weighted by Gasteiger charge is -2.30. The normalized spacial score (nSPS) is 16.8. The second kappa shape index (κ2) is 36.9. The Balaban J connectivity index is 1.51. The largest absolute Gasteiger partial charge is 0.508 e.